The molecule has 0 aliphatic carbocycles. The summed E-state index contributed by atoms with van der Waals surface area (Å²) in [6.07, 6.45) is 0. The van der Waals surface area contributed by atoms with E-state index in [0.29, 0.717) is 0 Å². The molecule has 14 heavy (non-hydrogen) atoms. The van der Waals surface area contributed by atoms with Gasteiger partial charge in [-0.2, -0.15) is 24.6 Å². The molecule has 0 N–H and O–H groups in total. The third-order valence-corrected chi connectivity index (χ3v) is 1.16. The van der Waals surface area contributed by atoms with Crippen LogP contribution >= 0.6 is 0 Å². The predicted octanol–water partition coefficient (Wildman–Crippen LogP) is -0.239. The van der Waals surface area contributed by atoms with Gasteiger partial charge in [0.05, 0.1) is 12.9 Å². The van der Waals surface area contributed by atoms with E-state index in [0.717, 1.165) is 11.3 Å². The summed E-state index contributed by atoms with van der Waals surface area (Å²) >= 11 is 0. The van der Waals surface area contributed by atoms with Crippen molar-refractivity contribution >= 4 is 7.54 Å². The van der Waals surface area contributed by atoms with Crippen molar-refractivity contribution in [3.05, 3.63) is 36.8 Å². The number of benzene rings is 1. The van der Waals surface area contributed by atoms with Crippen LogP contribution in [0.15, 0.2) is 24.3 Å². The van der Waals surface area contributed by atoms with E-state index >= 15 is 0 Å². The van der Waals surface area contributed by atoms with Crippen LogP contribution in [0.1, 0.15) is 5.56 Å². The van der Waals surface area contributed by atoms with Gasteiger partial charge < -0.3 is 4.74 Å². The first-order valence-electron chi connectivity index (χ1n) is 3.44. The molecule has 0 aliphatic heterocycles. The van der Waals surface area contributed by atoms with Crippen molar-refractivity contribution in [1.29, 1.82) is 0 Å². The molecule has 0 unspecified atom stereocenters. The fourth-order valence-corrected chi connectivity index (χ4v) is 0.626. The Morgan fingerprint density at radius 1 is 1.14 bits per heavy atom. The molecule has 1 nitrogen and oxygen atoms in total. The zero-order valence-corrected chi connectivity index (χ0v) is 11.3. The maximum absolute atomic E-state index is 9.67. The first-order valence-corrected chi connectivity index (χ1v) is 3.44. The van der Waals surface area contributed by atoms with Gasteiger partial charge >= 0.3 is 58.9 Å². The van der Waals surface area contributed by atoms with E-state index in [9.17, 15) is 12.9 Å². The summed E-state index contributed by atoms with van der Waals surface area (Å²) in [6.45, 7) is 3.74. The van der Waals surface area contributed by atoms with E-state index in [-0.39, 0.29) is 51.4 Å². The largest absolute Gasteiger partial charge is 1.00 e. The summed E-state index contributed by atoms with van der Waals surface area (Å²) in [5.41, 5.74) is 1.01. The maximum Gasteiger partial charge on any atom is 1.00 e. The molecular weight excluding hydrogens is 219 g/mol. The van der Waals surface area contributed by atoms with Crippen LogP contribution in [-0.2, 0) is 0 Å². The molecule has 0 aliphatic rings. The van der Waals surface area contributed by atoms with Gasteiger partial charge in [0.25, 0.3) is 0 Å². The van der Waals surface area contributed by atoms with Crippen LogP contribution in [-0.4, -0.2) is 14.7 Å². The SMILES string of the molecule is FB(F)F.[CH2-]c1ccc(OC)cc1.[K+]. The fourth-order valence-electron chi connectivity index (χ4n) is 0.626. The Balaban J connectivity index is 0. The molecule has 1 aromatic rings. The molecular formula is C8H9BF3KO. The Morgan fingerprint density at radius 2 is 1.50 bits per heavy atom. The molecule has 0 saturated carbocycles. The minimum atomic E-state index is -3.67. The zero-order valence-electron chi connectivity index (χ0n) is 8.14. The molecule has 0 spiro atoms. The van der Waals surface area contributed by atoms with Crippen LogP contribution in [0.4, 0.5) is 12.9 Å². The van der Waals surface area contributed by atoms with E-state index in [1.807, 2.05) is 24.3 Å². The molecule has 0 fully saturated rings. The summed E-state index contributed by atoms with van der Waals surface area (Å²) in [5.74, 6) is 0.877. The Hall–Kier alpha value is 0.381. The molecule has 0 aromatic heterocycles. The summed E-state index contributed by atoms with van der Waals surface area (Å²) in [6, 6.07) is 7.61. The van der Waals surface area contributed by atoms with Crippen LogP contribution in [0.3, 0.4) is 0 Å². The molecule has 1 rings (SSSR count). The number of hydrogen-bond acceptors (Lipinski definition) is 1. The Kier molecular flexibility index (Phi) is 11.9. The predicted molar refractivity (Wildman–Crippen MR) is 46.5 cm³/mol. The second-order valence-electron chi connectivity index (χ2n) is 2.10. The second kappa shape index (κ2) is 9.92. The number of methoxy groups -OCH3 is 1. The van der Waals surface area contributed by atoms with E-state index < -0.39 is 7.54 Å². The van der Waals surface area contributed by atoms with E-state index in [2.05, 4.69) is 6.92 Å². The Morgan fingerprint density at radius 3 is 1.79 bits per heavy atom. The minimum Gasteiger partial charge on any atom is -0.499 e. The molecule has 0 bridgehead atoms. The summed E-state index contributed by atoms with van der Waals surface area (Å²) < 4.78 is 33.9. The first kappa shape index (κ1) is 16.8. The van der Waals surface area contributed by atoms with Gasteiger partial charge in [-0.1, -0.05) is 12.1 Å². The number of halogens is 3. The van der Waals surface area contributed by atoms with Crippen LogP contribution in [0.2, 0.25) is 0 Å². The number of hydrogen-bond donors (Lipinski definition) is 0. The van der Waals surface area contributed by atoms with Gasteiger partial charge in [0.2, 0.25) is 0 Å². The average molecular weight is 228 g/mol. The average Bonchev–Trinajstić information content (AvgIpc) is 2.05. The monoisotopic (exact) mass is 228 g/mol. The number of rotatable bonds is 1. The fraction of sp³-hybridized carbons (Fsp3) is 0.125. The van der Waals surface area contributed by atoms with Gasteiger partial charge in [0.1, 0.15) is 0 Å². The third-order valence-electron chi connectivity index (χ3n) is 1.16. The van der Waals surface area contributed by atoms with Crippen LogP contribution < -0.4 is 56.1 Å². The quantitative estimate of drug-likeness (QED) is 0.476. The van der Waals surface area contributed by atoms with E-state index in [4.69, 9.17) is 4.74 Å². The normalized spacial score (nSPS) is 7.71. The maximum atomic E-state index is 9.67. The van der Waals surface area contributed by atoms with Gasteiger partial charge in [-0.3, -0.25) is 12.9 Å². The first-order chi connectivity index (χ1) is 6.06. The van der Waals surface area contributed by atoms with E-state index in [1.165, 1.54) is 0 Å². The molecule has 1 aromatic carbocycles. The van der Waals surface area contributed by atoms with Gasteiger partial charge in [0.15, 0.2) is 0 Å². The van der Waals surface area contributed by atoms with Gasteiger partial charge in [-0.25, -0.2) is 0 Å². The van der Waals surface area contributed by atoms with Crippen molar-refractivity contribution in [3.8, 4) is 5.75 Å². The zero-order chi connectivity index (χ0) is 10.3. The Labute approximate surface area is 125 Å². The third kappa shape index (κ3) is 10.5. The number of ether oxygens (including phenoxy) is 1. The molecule has 6 heteroatoms. The van der Waals surface area contributed by atoms with Crippen LogP contribution in [0.5, 0.6) is 5.75 Å². The van der Waals surface area contributed by atoms with Gasteiger partial charge in [-0.15, -0.1) is 0 Å². The molecule has 72 valence electrons. The smallest absolute Gasteiger partial charge is 0.499 e. The molecule has 0 heterocycles. The Bertz CT molecular complexity index is 228. The topological polar surface area (TPSA) is 9.23 Å². The van der Waals surface area contributed by atoms with Gasteiger partial charge in [-0.05, 0) is 0 Å². The van der Waals surface area contributed by atoms with Crippen LogP contribution in [0, 0.1) is 6.92 Å². The summed E-state index contributed by atoms with van der Waals surface area (Å²) in [4.78, 5) is 0. The van der Waals surface area contributed by atoms with Crippen molar-refractivity contribution < 1.29 is 69.1 Å². The standard InChI is InChI=1S/C8H9O.BF3.K/c1-7-3-5-8(9-2)6-4-7;2-1(3)4;/h3-6H,1H2,2H3;;/q-1;;+1. The molecule has 0 saturated heterocycles. The van der Waals surface area contributed by atoms with Crippen molar-refractivity contribution in [2.24, 2.45) is 0 Å². The van der Waals surface area contributed by atoms with Crippen molar-refractivity contribution in [3.63, 3.8) is 0 Å². The van der Waals surface area contributed by atoms with Crippen molar-refractivity contribution in [2.75, 3.05) is 7.11 Å². The van der Waals surface area contributed by atoms with E-state index in [1.54, 1.807) is 7.11 Å². The molecule has 0 atom stereocenters. The molecule has 0 amide bonds. The van der Waals surface area contributed by atoms with Crippen molar-refractivity contribution in [2.45, 2.75) is 0 Å². The summed E-state index contributed by atoms with van der Waals surface area (Å²) in [5, 5.41) is 0. The van der Waals surface area contributed by atoms with Gasteiger partial charge in [0, 0.05) is 0 Å². The second-order valence-corrected chi connectivity index (χ2v) is 2.10. The van der Waals surface area contributed by atoms with Crippen molar-refractivity contribution in [1.82, 2.24) is 0 Å². The molecule has 0 radical (unpaired) electrons. The van der Waals surface area contributed by atoms with Crippen LogP contribution in [0.25, 0.3) is 0 Å². The summed E-state index contributed by atoms with van der Waals surface area (Å²) in [7, 11) is -2.02. The minimum absolute atomic E-state index is 0.